The van der Waals surface area contributed by atoms with E-state index in [1.165, 1.54) is 44.1 Å². The normalized spacial score (nSPS) is 20.9. The van der Waals surface area contributed by atoms with Crippen LogP contribution in [0.4, 0.5) is 5.69 Å². The van der Waals surface area contributed by atoms with Crippen LogP contribution in [0, 0.1) is 0 Å². The maximum Gasteiger partial charge on any atom is 0.262 e. The van der Waals surface area contributed by atoms with Gasteiger partial charge in [-0.15, -0.1) is 0 Å². The summed E-state index contributed by atoms with van der Waals surface area (Å²) in [5.41, 5.74) is 1.99. The van der Waals surface area contributed by atoms with E-state index in [1.807, 2.05) is 12.1 Å². The van der Waals surface area contributed by atoms with Crippen molar-refractivity contribution in [2.75, 3.05) is 11.9 Å². The standard InChI is InChI=1S/C17H24N2O2/c1-12(18-14-6-4-2-3-5-7-14)13-8-9-16-15(10-13)19-17(20)11-21-16/h8-10,12,14,18H,2-7,11H2,1H3,(H,19,20). The number of carbonyl (C=O) groups excluding carboxylic acids is 1. The molecule has 0 saturated heterocycles. The molecule has 1 fully saturated rings. The molecule has 0 bridgehead atoms. The highest BCUT2D eigenvalue weighted by Crippen LogP contribution is 2.31. The number of hydrogen-bond acceptors (Lipinski definition) is 3. The fourth-order valence-electron chi connectivity index (χ4n) is 3.27. The van der Waals surface area contributed by atoms with E-state index in [9.17, 15) is 4.79 Å². The number of carbonyl (C=O) groups is 1. The van der Waals surface area contributed by atoms with Gasteiger partial charge in [0, 0.05) is 12.1 Å². The first-order valence-electron chi connectivity index (χ1n) is 8.05. The Labute approximate surface area is 126 Å². The Morgan fingerprint density at radius 3 is 2.76 bits per heavy atom. The van der Waals surface area contributed by atoms with E-state index in [1.54, 1.807) is 0 Å². The molecule has 4 nitrogen and oxygen atoms in total. The van der Waals surface area contributed by atoms with E-state index < -0.39 is 0 Å². The molecule has 114 valence electrons. The topological polar surface area (TPSA) is 50.4 Å². The number of nitrogens with one attached hydrogen (secondary N) is 2. The summed E-state index contributed by atoms with van der Waals surface area (Å²) in [6.07, 6.45) is 7.95. The predicted octanol–water partition coefficient (Wildman–Crippen LogP) is 3.39. The number of rotatable bonds is 3. The van der Waals surface area contributed by atoms with E-state index >= 15 is 0 Å². The van der Waals surface area contributed by atoms with Gasteiger partial charge in [0.15, 0.2) is 6.61 Å². The maximum absolute atomic E-state index is 11.4. The van der Waals surface area contributed by atoms with Gasteiger partial charge in [-0.1, -0.05) is 31.7 Å². The molecular formula is C17H24N2O2. The van der Waals surface area contributed by atoms with Gasteiger partial charge in [-0.3, -0.25) is 4.79 Å². The van der Waals surface area contributed by atoms with Gasteiger partial charge < -0.3 is 15.4 Å². The van der Waals surface area contributed by atoms with Crippen LogP contribution >= 0.6 is 0 Å². The van der Waals surface area contributed by atoms with E-state index in [-0.39, 0.29) is 18.6 Å². The van der Waals surface area contributed by atoms with Crippen molar-refractivity contribution in [1.29, 1.82) is 0 Å². The van der Waals surface area contributed by atoms with Crippen LogP contribution < -0.4 is 15.4 Å². The van der Waals surface area contributed by atoms with Gasteiger partial charge in [0.05, 0.1) is 5.69 Å². The Kier molecular flexibility index (Phi) is 4.44. The Balaban J connectivity index is 1.68. The maximum atomic E-state index is 11.4. The number of fused-ring (bicyclic) bond motifs is 1. The molecule has 1 unspecified atom stereocenters. The summed E-state index contributed by atoms with van der Waals surface area (Å²) in [6, 6.07) is 6.97. The second-order valence-electron chi connectivity index (χ2n) is 6.17. The summed E-state index contributed by atoms with van der Waals surface area (Å²) in [6.45, 7) is 2.31. The molecule has 1 aliphatic heterocycles. The van der Waals surface area contributed by atoms with Crippen molar-refractivity contribution in [3.63, 3.8) is 0 Å². The van der Waals surface area contributed by atoms with Crippen LogP contribution in [0.15, 0.2) is 18.2 Å². The van der Waals surface area contributed by atoms with Crippen LogP contribution in [0.2, 0.25) is 0 Å². The Morgan fingerprint density at radius 1 is 1.24 bits per heavy atom. The highest BCUT2D eigenvalue weighted by molar-refractivity contribution is 5.95. The molecule has 0 aromatic heterocycles. The fraction of sp³-hybridized carbons (Fsp3) is 0.588. The van der Waals surface area contributed by atoms with Crippen LogP contribution in [-0.2, 0) is 4.79 Å². The number of hydrogen-bond donors (Lipinski definition) is 2. The predicted molar refractivity (Wildman–Crippen MR) is 83.6 cm³/mol. The van der Waals surface area contributed by atoms with Crippen molar-refractivity contribution >= 4 is 11.6 Å². The van der Waals surface area contributed by atoms with Crippen molar-refractivity contribution in [2.24, 2.45) is 0 Å². The smallest absolute Gasteiger partial charge is 0.262 e. The Hall–Kier alpha value is -1.55. The molecule has 3 rings (SSSR count). The molecule has 0 radical (unpaired) electrons. The first-order chi connectivity index (χ1) is 10.2. The summed E-state index contributed by atoms with van der Waals surface area (Å²) in [4.78, 5) is 11.4. The van der Waals surface area contributed by atoms with Gasteiger partial charge in [0.25, 0.3) is 5.91 Å². The van der Waals surface area contributed by atoms with E-state index in [0.717, 1.165) is 11.4 Å². The molecular weight excluding hydrogens is 264 g/mol. The Morgan fingerprint density at radius 2 is 2.00 bits per heavy atom. The average Bonchev–Trinajstić information content (AvgIpc) is 2.75. The first-order valence-corrected chi connectivity index (χ1v) is 8.05. The van der Waals surface area contributed by atoms with Crippen molar-refractivity contribution < 1.29 is 9.53 Å². The third-order valence-electron chi connectivity index (χ3n) is 4.48. The molecule has 1 amide bonds. The van der Waals surface area contributed by atoms with Gasteiger partial charge in [-0.05, 0) is 37.5 Å². The molecule has 1 aromatic carbocycles. The second kappa shape index (κ2) is 6.48. The summed E-state index contributed by atoms with van der Waals surface area (Å²) < 4.78 is 5.40. The molecule has 1 saturated carbocycles. The molecule has 2 aliphatic rings. The molecule has 1 atom stereocenters. The summed E-state index contributed by atoms with van der Waals surface area (Å²) in [5.74, 6) is 0.684. The van der Waals surface area contributed by atoms with Gasteiger partial charge in [-0.2, -0.15) is 0 Å². The molecule has 1 aliphatic carbocycles. The molecule has 4 heteroatoms. The van der Waals surface area contributed by atoms with Crippen LogP contribution in [0.25, 0.3) is 0 Å². The zero-order chi connectivity index (χ0) is 14.7. The molecule has 0 spiro atoms. The van der Waals surface area contributed by atoms with Gasteiger partial charge in [0.1, 0.15) is 5.75 Å². The fourth-order valence-corrected chi connectivity index (χ4v) is 3.27. The monoisotopic (exact) mass is 288 g/mol. The number of amides is 1. The Bertz CT molecular complexity index is 508. The summed E-state index contributed by atoms with van der Waals surface area (Å²) >= 11 is 0. The van der Waals surface area contributed by atoms with Crippen LogP contribution in [-0.4, -0.2) is 18.6 Å². The highest BCUT2D eigenvalue weighted by atomic mass is 16.5. The largest absolute Gasteiger partial charge is 0.482 e. The van der Waals surface area contributed by atoms with Crippen LogP contribution in [0.3, 0.4) is 0 Å². The molecule has 2 N–H and O–H groups in total. The molecule has 21 heavy (non-hydrogen) atoms. The van der Waals surface area contributed by atoms with Gasteiger partial charge in [0.2, 0.25) is 0 Å². The van der Waals surface area contributed by atoms with Gasteiger partial charge in [-0.25, -0.2) is 0 Å². The van der Waals surface area contributed by atoms with Crippen LogP contribution in [0.5, 0.6) is 5.75 Å². The van der Waals surface area contributed by atoms with Crippen molar-refractivity contribution in [1.82, 2.24) is 5.32 Å². The van der Waals surface area contributed by atoms with E-state index in [2.05, 4.69) is 23.6 Å². The van der Waals surface area contributed by atoms with Crippen LogP contribution in [0.1, 0.15) is 57.1 Å². The second-order valence-corrected chi connectivity index (χ2v) is 6.17. The number of anilines is 1. The SMILES string of the molecule is CC(NC1CCCCCC1)c1ccc2c(c1)NC(=O)CO2. The average molecular weight is 288 g/mol. The number of ether oxygens (including phenoxy) is 1. The third-order valence-corrected chi connectivity index (χ3v) is 4.48. The minimum atomic E-state index is -0.0796. The summed E-state index contributed by atoms with van der Waals surface area (Å²) in [5, 5.41) is 6.62. The lowest BCUT2D eigenvalue weighted by Gasteiger charge is -2.24. The minimum absolute atomic E-state index is 0.0796. The molecule has 1 aromatic rings. The van der Waals surface area contributed by atoms with Crippen molar-refractivity contribution in [3.05, 3.63) is 23.8 Å². The zero-order valence-electron chi connectivity index (χ0n) is 12.7. The highest BCUT2D eigenvalue weighted by Gasteiger charge is 2.19. The quantitative estimate of drug-likeness (QED) is 0.838. The third kappa shape index (κ3) is 3.56. The lowest BCUT2D eigenvalue weighted by molar-refractivity contribution is -0.118. The first kappa shape index (κ1) is 14.4. The van der Waals surface area contributed by atoms with Gasteiger partial charge >= 0.3 is 0 Å². The van der Waals surface area contributed by atoms with E-state index in [4.69, 9.17) is 4.74 Å². The lowest BCUT2D eigenvalue weighted by Crippen LogP contribution is -2.31. The van der Waals surface area contributed by atoms with E-state index in [0.29, 0.717) is 6.04 Å². The zero-order valence-corrected chi connectivity index (χ0v) is 12.7. The van der Waals surface area contributed by atoms with Crippen molar-refractivity contribution in [2.45, 2.75) is 57.5 Å². The summed E-state index contributed by atoms with van der Waals surface area (Å²) in [7, 11) is 0. The molecule has 1 heterocycles. The van der Waals surface area contributed by atoms with Crippen molar-refractivity contribution in [3.8, 4) is 5.75 Å². The number of benzene rings is 1. The minimum Gasteiger partial charge on any atom is -0.482 e. The lowest BCUT2D eigenvalue weighted by atomic mass is 10.0.